The molecular weight excluding hydrogens is 464 g/mol. The molecule has 166 valence electrons. The number of carbonyl (C=O) groups excluding carboxylic acids is 1. The average molecular weight is 478 g/mol. The number of hydrogen-bond donors (Lipinski definition) is 4. The van der Waals surface area contributed by atoms with Gasteiger partial charge in [-0.15, -0.1) is 10.2 Å². The molecule has 4 aromatic rings. The lowest BCUT2D eigenvalue weighted by molar-refractivity contribution is 0.0588. The van der Waals surface area contributed by atoms with Gasteiger partial charge in [-0.2, -0.15) is 5.21 Å². The molecule has 4 rings (SSSR count). The number of imidazole rings is 1. The highest BCUT2D eigenvalue weighted by Gasteiger charge is 2.31. The van der Waals surface area contributed by atoms with Crippen LogP contribution in [0.4, 0.5) is 0 Å². The minimum absolute atomic E-state index is 0.0936. The Kier molecular flexibility index (Phi) is 5.00. The Bertz CT molecular complexity index is 1580. The van der Waals surface area contributed by atoms with E-state index in [1.54, 1.807) is 18.2 Å². The molecular formula is C16H14N8O6S2. The van der Waals surface area contributed by atoms with Crippen molar-refractivity contribution in [3.8, 4) is 22.5 Å². The molecule has 0 spiro atoms. The van der Waals surface area contributed by atoms with E-state index in [0.717, 1.165) is 6.07 Å². The number of tetrazole rings is 1. The van der Waals surface area contributed by atoms with E-state index < -0.39 is 35.8 Å². The predicted octanol–water partition coefficient (Wildman–Crippen LogP) is -0.509. The number of para-hydroxylation sites is 1. The van der Waals surface area contributed by atoms with Crippen LogP contribution in [0.5, 0.6) is 0 Å². The third-order valence-corrected chi connectivity index (χ3v) is 6.54. The molecule has 0 radical (unpaired) electrons. The number of benzene rings is 2. The van der Waals surface area contributed by atoms with Crippen LogP contribution in [0.25, 0.3) is 33.5 Å². The largest absolute Gasteiger partial charge is 0.463 e. The van der Waals surface area contributed by atoms with Gasteiger partial charge >= 0.3 is 5.97 Å². The normalized spacial score (nSPS) is 12.2. The lowest BCUT2D eigenvalue weighted by Gasteiger charge is -2.15. The van der Waals surface area contributed by atoms with Crippen molar-refractivity contribution in [3.05, 3.63) is 36.2 Å². The van der Waals surface area contributed by atoms with Gasteiger partial charge in [-0.3, -0.25) is 0 Å². The summed E-state index contributed by atoms with van der Waals surface area (Å²) in [4.78, 5) is 17.4. The summed E-state index contributed by atoms with van der Waals surface area (Å²) in [6.07, 6.45) is 0. The molecule has 16 heteroatoms. The number of methoxy groups -OCH3 is 1. The number of sulfonamides is 2. The van der Waals surface area contributed by atoms with Crippen LogP contribution < -0.4 is 10.3 Å². The number of aromatic amines is 2. The molecule has 14 nitrogen and oxygen atoms in total. The van der Waals surface area contributed by atoms with Crippen molar-refractivity contribution in [2.75, 3.05) is 7.11 Å². The Morgan fingerprint density at radius 2 is 1.78 bits per heavy atom. The first-order valence-corrected chi connectivity index (χ1v) is 11.7. The lowest BCUT2D eigenvalue weighted by Crippen LogP contribution is -2.22. The number of H-pyrrole nitrogens is 2. The zero-order valence-electron chi connectivity index (χ0n) is 16.1. The number of hydrogen-bond acceptors (Lipinski definition) is 10. The fraction of sp³-hybridized carbons (Fsp3) is 0.0625. The van der Waals surface area contributed by atoms with E-state index in [0.29, 0.717) is 11.1 Å². The van der Waals surface area contributed by atoms with Crippen LogP contribution in [0.15, 0.2) is 40.1 Å². The van der Waals surface area contributed by atoms with E-state index in [-0.39, 0.29) is 28.3 Å². The highest BCUT2D eigenvalue weighted by Crippen LogP contribution is 2.40. The minimum atomic E-state index is -4.65. The van der Waals surface area contributed by atoms with Gasteiger partial charge in [0.15, 0.2) is 0 Å². The molecule has 2 aromatic heterocycles. The summed E-state index contributed by atoms with van der Waals surface area (Å²) in [5.74, 6) is -1.07. The number of esters is 1. The molecule has 2 heterocycles. The summed E-state index contributed by atoms with van der Waals surface area (Å²) in [6, 6.07) is 7.13. The Morgan fingerprint density at radius 3 is 2.38 bits per heavy atom. The van der Waals surface area contributed by atoms with Crippen molar-refractivity contribution in [2.45, 2.75) is 9.79 Å². The molecule has 0 saturated heterocycles. The lowest BCUT2D eigenvalue weighted by atomic mass is 9.98. The molecule has 0 unspecified atom stereocenters. The fourth-order valence-corrected chi connectivity index (χ4v) is 5.38. The van der Waals surface area contributed by atoms with Crippen LogP contribution >= 0.6 is 0 Å². The summed E-state index contributed by atoms with van der Waals surface area (Å²) < 4.78 is 53.9. The number of nitrogens with two attached hydrogens (primary N) is 2. The number of primary sulfonamides is 2. The molecule has 2 aromatic carbocycles. The number of nitrogens with zero attached hydrogens (tertiary/aromatic N) is 4. The van der Waals surface area contributed by atoms with Crippen molar-refractivity contribution in [2.24, 2.45) is 10.3 Å². The highest BCUT2D eigenvalue weighted by molar-refractivity contribution is 7.92. The molecule has 0 aliphatic heterocycles. The standard InChI is InChI=1S/C16H14N8O6S2/c1-30-16(25)15-19-9-4-2-3-8(12(9)20-15)7-5-6-10(31(17,26)27)13(32(18,28)29)11(7)14-21-23-24-22-14/h2-6H,1H3,(H,19,20)(H2,17,26,27)(H2,18,28,29)(H,21,22,23,24). The molecule has 0 saturated carbocycles. The van der Waals surface area contributed by atoms with E-state index in [2.05, 4.69) is 35.3 Å². The van der Waals surface area contributed by atoms with Gasteiger partial charge in [0.1, 0.15) is 9.79 Å². The average Bonchev–Trinajstić information content (AvgIpc) is 3.40. The summed E-state index contributed by atoms with van der Waals surface area (Å²) in [5.41, 5.74) is 0.898. The molecule has 0 aliphatic rings. The predicted molar refractivity (Wildman–Crippen MR) is 109 cm³/mol. The SMILES string of the molecule is COC(=O)c1nc2c(-c3ccc(S(N)(=O)=O)c(S(N)(=O)=O)c3-c3nn[nH]n3)cccc2[nH]1. The number of rotatable bonds is 5. The molecule has 0 aliphatic carbocycles. The van der Waals surface area contributed by atoms with Crippen molar-refractivity contribution >= 4 is 37.0 Å². The first-order valence-electron chi connectivity index (χ1n) is 8.56. The topological polar surface area (TPSA) is 230 Å². The number of carbonyl (C=O) groups is 1. The highest BCUT2D eigenvalue weighted by atomic mass is 32.2. The van der Waals surface area contributed by atoms with E-state index in [9.17, 15) is 21.6 Å². The summed E-state index contributed by atoms with van der Waals surface area (Å²) in [6.45, 7) is 0. The van der Waals surface area contributed by atoms with Crippen LogP contribution in [0, 0.1) is 0 Å². The zero-order valence-corrected chi connectivity index (χ0v) is 17.7. The third kappa shape index (κ3) is 3.60. The molecule has 6 N–H and O–H groups in total. The van der Waals surface area contributed by atoms with Crippen molar-refractivity contribution in [1.82, 2.24) is 30.6 Å². The van der Waals surface area contributed by atoms with Gasteiger partial charge < -0.3 is 9.72 Å². The monoisotopic (exact) mass is 478 g/mol. The molecule has 0 amide bonds. The Balaban J connectivity index is 2.16. The van der Waals surface area contributed by atoms with Crippen LogP contribution in [0.2, 0.25) is 0 Å². The zero-order chi connectivity index (χ0) is 23.3. The summed E-state index contributed by atoms with van der Waals surface area (Å²) in [5, 5.41) is 23.8. The van der Waals surface area contributed by atoms with E-state index in [4.69, 9.17) is 10.3 Å². The maximum absolute atomic E-state index is 12.5. The Morgan fingerprint density at radius 1 is 1.03 bits per heavy atom. The second-order valence-corrected chi connectivity index (χ2v) is 9.45. The first kappa shape index (κ1) is 21.5. The van der Waals surface area contributed by atoms with Gasteiger partial charge in [0, 0.05) is 5.56 Å². The Labute approximate surface area is 180 Å². The first-order chi connectivity index (χ1) is 15.0. The van der Waals surface area contributed by atoms with Crippen molar-refractivity contribution in [1.29, 1.82) is 0 Å². The maximum Gasteiger partial charge on any atom is 0.374 e. The van der Waals surface area contributed by atoms with Gasteiger partial charge in [0.05, 0.1) is 23.7 Å². The van der Waals surface area contributed by atoms with Crippen LogP contribution in [0.1, 0.15) is 10.6 Å². The number of ether oxygens (including phenoxy) is 1. The van der Waals surface area contributed by atoms with E-state index in [1.165, 1.54) is 13.2 Å². The molecule has 0 atom stereocenters. The van der Waals surface area contributed by atoms with Gasteiger partial charge in [-0.25, -0.2) is 36.9 Å². The Hall–Kier alpha value is -3.73. The molecule has 0 bridgehead atoms. The van der Waals surface area contributed by atoms with E-state index in [1.807, 2.05) is 0 Å². The van der Waals surface area contributed by atoms with Crippen LogP contribution in [-0.2, 0) is 24.8 Å². The van der Waals surface area contributed by atoms with Gasteiger partial charge in [0.2, 0.25) is 31.7 Å². The second kappa shape index (κ2) is 7.45. The van der Waals surface area contributed by atoms with Crippen molar-refractivity contribution in [3.63, 3.8) is 0 Å². The van der Waals surface area contributed by atoms with Crippen LogP contribution in [0.3, 0.4) is 0 Å². The third-order valence-electron chi connectivity index (χ3n) is 4.46. The van der Waals surface area contributed by atoms with E-state index >= 15 is 0 Å². The number of fused-ring (bicyclic) bond motifs is 1. The fourth-order valence-electron chi connectivity index (χ4n) is 3.23. The summed E-state index contributed by atoms with van der Waals surface area (Å²) in [7, 11) is -7.97. The van der Waals surface area contributed by atoms with Gasteiger partial charge in [-0.05, 0) is 22.9 Å². The quantitative estimate of drug-likeness (QED) is 0.268. The summed E-state index contributed by atoms with van der Waals surface area (Å²) >= 11 is 0. The second-order valence-electron chi connectivity index (χ2n) is 6.42. The maximum atomic E-state index is 12.5. The number of nitrogens with one attached hydrogen (secondary N) is 2. The van der Waals surface area contributed by atoms with Gasteiger partial charge in [-0.1, -0.05) is 18.2 Å². The smallest absolute Gasteiger partial charge is 0.374 e. The van der Waals surface area contributed by atoms with Crippen molar-refractivity contribution < 1.29 is 26.4 Å². The van der Waals surface area contributed by atoms with Gasteiger partial charge in [0.25, 0.3) is 0 Å². The number of aromatic nitrogens is 6. The minimum Gasteiger partial charge on any atom is -0.463 e. The molecule has 32 heavy (non-hydrogen) atoms. The van der Waals surface area contributed by atoms with Crippen LogP contribution in [-0.4, -0.2) is 60.5 Å². The molecule has 0 fully saturated rings.